The Morgan fingerprint density at radius 3 is 2.65 bits per heavy atom. The van der Waals surface area contributed by atoms with Crippen molar-refractivity contribution >= 4 is 17.3 Å². The minimum atomic E-state index is -1.24. The molecule has 2 aliphatic heterocycles. The Balaban J connectivity index is 1.67. The lowest BCUT2D eigenvalue weighted by molar-refractivity contribution is -0.123. The van der Waals surface area contributed by atoms with Gasteiger partial charge in [-0.2, -0.15) is 0 Å². The number of anilines is 2. The van der Waals surface area contributed by atoms with Crippen LogP contribution < -0.4 is 10.2 Å². The van der Waals surface area contributed by atoms with Crippen LogP contribution in [0, 0.1) is 17.7 Å². The van der Waals surface area contributed by atoms with E-state index in [4.69, 9.17) is 0 Å². The molecule has 1 amide bonds. The minimum Gasteiger partial charge on any atom is -0.378 e. The van der Waals surface area contributed by atoms with Crippen LogP contribution >= 0.6 is 0 Å². The molecule has 2 N–H and O–H groups in total. The molecule has 0 bridgehead atoms. The van der Waals surface area contributed by atoms with Crippen LogP contribution in [-0.2, 0) is 4.79 Å². The Labute approximate surface area is 116 Å². The Hall–Kier alpha value is -1.62. The highest BCUT2D eigenvalue weighted by Gasteiger charge is 2.38. The van der Waals surface area contributed by atoms with Gasteiger partial charge in [-0.15, -0.1) is 0 Å². The first kappa shape index (κ1) is 12.1. The van der Waals surface area contributed by atoms with E-state index < -0.39 is 12.0 Å². The zero-order valence-corrected chi connectivity index (χ0v) is 11.1. The molecule has 2 heterocycles. The molecule has 2 fully saturated rings. The molecule has 3 unspecified atom stereocenters. The summed E-state index contributed by atoms with van der Waals surface area (Å²) >= 11 is 0. The lowest BCUT2D eigenvalue weighted by atomic mass is 10.0. The summed E-state index contributed by atoms with van der Waals surface area (Å²) in [4.78, 5) is 13.5. The average Bonchev–Trinajstić information content (AvgIpc) is 3.05. The van der Waals surface area contributed by atoms with Gasteiger partial charge in [0.05, 0.1) is 5.69 Å². The fourth-order valence-corrected chi connectivity index (χ4v) is 3.93. The van der Waals surface area contributed by atoms with Crippen LogP contribution in [-0.4, -0.2) is 24.1 Å². The number of nitrogens with zero attached hydrogens (tertiary/aromatic N) is 1. The first-order valence-electron chi connectivity index (χ1n) is 7.21. The molecule has 20 heavy (non-hydrogen) atoms. The molecule has 4 nitrogen and oxygen atoms in total. The number of amides is 1. The zero-order chi connectivity index (χ0) is 13.9. The molecule has 3 atom stereocenters. The van der Waals surface area contributed by atoms with Crippen molar-refractivity contribution in [3.05, 3.63) is 23.5 Å². The van der Waals surface area contributed by atoms with Crippen LogP contribution in [0.25, 0.3) is 0 Å². The SMILES string of the molecule is O=C1Nc2cc(N3CC4CCCC4C3)c(F)cc2C1O. The van der Waals surface area contributed by atoms with Crippen LogP contribution in [0.1, 0.15) is 30.9 Å². The molecular formula is C15H17FN2O2. The number of benzene rings is 1. The largest absolute Gasteiger partial charge is 0.378 e. The summed E-state index contributed by atoms with van der Waals surface area (Å²) in [6, 6.07) is 2.96. The number of aliphatic hydroxyl groups is 1. The van der Waals surface area contributed by atoms with Crippen molar-refractivity contribution in [3.8, 4) is 0 Å². The van der Waals surface area contributed by atoms with Crippen LogP contribution in [0.5, 0.6) is 0 Å². The van der Waals surface area contributed by atoms with Crippen molar-refractivity contribution in [2.24, 2.45) is 11.8 Å². The van der Waals surface area contributed by atoms with Gasteiger partial charge in [0, 0.05) is 24.3 Å². The molecule has 1 aliphatic carbocycles. The van der Waals surface area contributed by atoms with Gasteiger partial charge in [-0.3, -0.25) is 4.79 Å². The van der Waals surface area contributed by atoms with Crippen molar-refractivity contribution in [3.63, 3.8) is 0 Å². The maximum absolute atomic E-state index is 14.3. The monoisotopic (exact) mass is 276 g/mol. The van der Waals surface area contributed by atoms with Crippen LogP contribution in [0.3, 0.4) is 0 Å². The molecule has 0 aromatic heterocycles. The van der Waals surface area contributed by atoms with Crippen molar-refractivity contribution in [1.29, 1.82) is 0 Å². The molecular weight excluding hydrogens is 259 g/mol. The lowest BCUT2D eigenvalue weighted by Gasteiger charge is -2.21. The van der Waals surface area contributed by atoms with Gasteiger partial charge >= 0.3 is 0 Å². The second-order valence-electron chi connectivity index (χ2n) is 6.14. The Morgan fingerprint density at radius 2 is 1.95 bits per heavy atom. The van der Waals surface area contributed by atoms with E-state index in [9.17, 15) is 14.3 Å². The Kier molecular flexibility index (Phi) is 2.54. The molecule has 0 spiro atoms. The predicted octanol–water partition coefficient (Wildman–Crippen LogP) is 2.05. The number of rotatable bonds is 1. The third-order valence-electron chi connectivity index (χ3n) is 4.99. The van der Waals surface area contributed by atoms with Gasteiger partial charge < -0.3 is 15.3 Å². The van der Waals surface area contributed by atoms with E-state index in [1.165, 1.54) is 25.3 Å². The molecule has 4 rings (SSSR count). The summed E-state index contributed by atoms with van der Waals surface area (Å²) in [5.41, 5.74) is 1.43. The number of hydrogen-bond acceptors (Lipinski definition) is 3. The summed E-state index contributed by atoms with van der Waals surface area (Å²) in [6.07, 6.45) is 2.52. The topological polar surface area (TPSA) is 52.6 Å². The van der Waals surface area contributed by atoms with Gasteiger partial charge in [0.2, 0.25) is 0 Å². The highest BCUT2D eigenvalue weighted by Crippen LogP contribution is 2.42. The van der Waals surface area contributed by atoms with Crippen molar-refractivity contribution in [2.45, 2.75) is 25.4 Å². The minimum absolute atomic E-state index is 0.343. The number of nitrogens with one attached hydrogen (secondary N) is 1. The Bertz CT molecular complexity index is 577. The highest BCUT2D eigenvalue weighted by atomic mass is 19.1. The lowest BCUT2D eigenvalue weighted by Crippen LogP contribution is -2.22. The molecule has 3 aliphatic rings. The fraction of sp³-hybridized carbons (Fsp3) is 0.533. The van der Waals surface area contributed by atoms with Crippen LogP contribution in [0.15, 0.2) is 12.1 Å². The summed E-state index contributed by atoms with van der Waals surface area (Å²) in [6.45, 7) is 1.80. The second-order valence-corrected chi connectivity index (χ2v) is 6.14. The normalized spacial score (nSPS) is 31.4. The molecule has 1 aromatic carbocycles. The van der Waals surface area contributed by atoms with Crippen LogP contribution in [0.4, 0.5) is 15.8 Å². The van der Waals surface area contributed by atoms with E-state index in [0.717, 1.165) is 13.1 Å². The molecule has 0 radical (unpaired) electrons. The molecule has 1 saturated heterocycles. The maximum atomic E-state index is 14.3. The highest BCUT2D eigenvalue weighted by molar-refractivity contribution is 6.02. The zero-order valence-electron chi connectivity index (χ0n) is 11.1. The molecule has 1 aromatic rings. The number of halogens is 1. The number of fused-ring (bicyclic) bond motifs is 2. The average molecular weight is 276 g/mol. The smallest absolute Gasteiger partial charge is 0.257 e. The molecule has 5 heteroatoms. The van der Waals surface area contributed by atoms with Crippen molar-refractivity contribution < 1.29 is 14.3 Å². The third-order valence-corrected chi connectivity index (χ3v) is 4.99. The maximum Gasteiger partial charge on any atom is 0.257 e. The van der Waals surface area contributed by atoms with E-state index >= 15 is 0 Å². The van der Waals surface area contributed by atoms with Crippen LogP contribution in [0.2, 0.25) is 0 Å². The fourth-order valence-electron chi connectivity index (χ4n) is 3.93. The van der Waals surface area contributed by atoms with Gasteiger partial charge in [-0.05, 0) is 36.8 Å². The van der Waals surface area contributed by atoms with E-state index in [1.807, 2.05) is 0 Å². The van der Waals surface area contributed by atoms with Gasteiger partial charge in [0.25, 0.3) is 5.91 Å². The summed E-state index contributed by atoms with van der Waals surface area (Å²) in [5.74, 6) is 0.541. The van der Waals surface area contributed by atoms with Gasteiger partial charge in [0.15, 0.2) is 6.10 Å². The molecule has 1 saturated carbocycles. The first-order valence-corrected chi connectivity index (χ1v) is 7.21. The van der Waals surface area contributed by atoms with Crippen molar-refractivity contribution in [1.82, 2.24) is 0 Å². The predicted molar refractivity (Wildman–Crippen MR) is 73.0 cm³/mol. The van der Waals surface area contributed by atoms with Gasteiger partial charge in [0.1, 0.15) is 5.82 Å². The number of carbonyl (C=O) groups is 1. The summed E-state index contributed by atoms with van der Waals surface area (Å²) in [7, 11) is 0. The summed E-state index contributed by atoms with van der Waals surface area (Å²) in [5, 5.41) is 12.3. The van der Waals surface area contributed by atoms with Gasteiger partial charge in [-0.25, -0.2) is 4.39 Å². The third kappa shape index (κ3) is 1.66. The van der Waals surface area contributed by atoms with E-state index in [-0.39, 0.29) is 5.82 Å². The number of hydrogen-bond donors (Lipinski definition) is 2. The van der Waals surface area contributed by atoms with Gasteiger partial charge in [-0.1, -0.05) is 6.42 Å². The Morgan fingerprint density at radius 1 is 1.25 bits per heavy atom. The standard InChI is InChI=1S/C15H17FN2O2/c16-11-4-10-12(17-15(20)14(10)19)5-13(11)18-6-8-2-1-3-9(8)7-18/h4-5,8-9,14,19H,1-3,6-7H2,(H,17,20). The van der Waals surface area contributed by atoms with Crippen molar-refractivity contribution in [2.75, 3.05) is 23.3 Å². The molecule has 106 valence electrons. The first-order chi connectivity index (χ1) is 9.63. The quantitative estimate of drug-likeness (QED) is 0.825. The van der Waals surface area contributed by atoms with E-state index in [1.54, 1.807) is 6.07 Å². The second kappa shape index (κ2) is 4.19. The van der Waals surface area contributed by atoms with E-state index in [0.29, 0.717) is 28.8 Å². The number of aliphatic hydroxyl groups excluding tert-OH is 1. The van der Waals surface area contributed by atoms with E-state index in [2.05, 4.69) is 10.2 Å². The summed E-state index contributed by atoms with van der Waals surface area (Å²) < 4.78 is 14.3. The number of carbonyl (C=O) groups excluding carboxylic acids is 1.